The average molecular weight is 311 g/mol. The van der Waals surface area contributed by atoms with Crippen LogP contribution in [0.25, 0.3) is 0 Å². The molecule has 120 valence electrons. The van der Waals surface area contributed by atoms with Crippen LogP contribution in [0.1, 0.15) is 45.7 Å². The Morgan fingerprint density at radius 3 is 2.09 bits per heavy atom. The van der Waals surface area contributed by atoms with E-state index in [1.54, 1.807) is 44.2 Å². The van der Waals surface area contributed by atoms with Gasteiger partial charge in [-0.25, -0.2) is 4.79 Å². The molecule has 0 saturated heterocycles. The molecule has 4 heteroatoms. The third kappa shape index (κ3) is 4.42. The summed E-state index contributed by atoms with van der Waals surface area (Å²) >= 11 is 0. The monoisotopic (exact) mass is 311 g/mol. The van der Waals surface area contributed by atoms with Gasteiger partial charge in [-0.05, 0) is 75.2 Å². The Kier molecular flexibility index (Phi) is 5.16. The molecule has 1 amide bonds. The topological polar surface area (TPSA) is 55.4 Å². The molecule has 0 heterocycles. The van der Waals surface area contributed by atoms with Crippen molar-refractivity contribution in [3.63, 3.8) is 0 Å². The largest absolute Gasteiger partial charge is 0.459 e. The second kappa shape index (κ2) is 7.09. The first-order valence-electron chi connectivity index (χ1n) is 7.56. The first-order valence-corrected chi connectivity index (χ1v) is 7.56. The fourth-order valence-electron chi connectivity index (χ4n) is 2.06. The highest BCUT2D eigenvalue weighted by atomic mass is 16.5. The second-order valence-corrected chi connectivity index (χ2v) is 5.78. The molecule has 0 aromatic heterocycles. The number of hydrogen-bond donors (Lipinski definition) is 1. The summed E-state index contributed by atoms with van der Waals surface area (Å²) in [6.45, 7) is 7.58. The maximum absolute atomic E-state index is 12.2. The number of carbonyl (C=O) groups excluding carboxylic acids is 2. The zero-order valence-corrected chi connectivity index (χ0v) is 13.8. The van der Waals surface area contributed by atoms with Crippen molar-refractivity contribution >= 4 is 17.6 Å². The van der Waals surface area contributed by atoms with Gasteiger partial charge in [0.05, 0.1) is 11.7 Å². The molecule has 0 aliphatic heterocycles. The molecule has 0 fully saturated rings. The second-order valence-electron chi connectivity index (χ2n) is 5.78. The number of benzene rings is 2. The van der Waals surface area contributed by atoms with Crippen molar-refractivity contribution in [3.05, 3.63) is 64.7 Å². The number of hydrogen-bond acceptors (Lipinski definition) is 3. The zero-order valence-electron chi connectivity index (χ0n) is 13.8. The van der Waals surface area contributed by atoms with Crippen molar-refractivity contribution in [2.24, 2.45) is 0 Å². The van der Waals surface area contributed by atoms with Crippen molar-refractivity contribution in [2.75, 3.05) is 5.32 Å². The Bertz CT molecular complexity index is 718. The van der Waals surface area contributed by atoms with E-state index < -0.39 is 0 Å². The van der Waals surface area contributed by atoms with Crippen LogP contribution in [0.2, 0.25) is 0 Å². The summed E-state index contributed by atoms with van der Waals surface area (Å²) < 4.78 is 5.12. The van der Waals surface area contributed by atoms with Gasteiger partial charge in [0.15, 0.2) is 0 Å². The van der Waals surface area contributed by atoms with Crippen LogP contribution >= 0.6 is 0 Å². The van der Waals surface area contributed by atoms with Gasteiger partial charge < -0.3 is 10.1 Å². The maximum atomic E-state index is 12.2. The van der Waals surface area contributed by atoms with E-state index >= 15 is 0 Å². The van der Waals surface area contributed by atoms with Gasteiger partial charge in [-0.15, -0.1) is 0 Å². The zero-order chi connectivity index (χ0) is 17.0. The molecule has 0 spiro atoms. The van der Waals surface area contributed by atoms with Gasteiger partial charge in [0.25, 0.3) is 5.91 Å². The lowest BCUT2D eigenvalue weighted by atomic mass is 10.1. The van der Waals surface area contributed by atoms with Crippen LogP contribution in [0.5, 0.6) is 0 Å². The molecule has 2 aromatic carbocycles. The van der Waals surface area contributed by atoms with Crippen LogP contribution in [0, 0.1) is 13.8 Å². The lowest BCUT2D eigenvalue weighted by molar-refractivity contribution is 0.0378. The number of aryl methyl sites for hydroxylation is 2. The lowest BCUT2D eigenvalue weighted by Gasteiger charge is -2.09. The third-order valence-electron chi connectivity index (χ3n) is 3.49. The SMILES string of the molecule is Cc1ccc(C(=O)Nc2ccc(C(=O)OC(C)C)cc2)cc1C. The molecule has 0 bridgehead atoms. The van der Waals surface area contributed by atoms with Crippen LogP contribution < -0.4 is 5.32 Å². The first kappa shape index (κ1) is 16.7. The van der Waals surface area contributed by atoms with Gasteiger partial charge in [-0.2, -0.15) is 0 Å². The normalized spacial score (nSPS) is 10.5. The van der Waals surface area contributed by atoms with Crippen LogP contribution in [0.3, 0.4) is 0 Å². The number of amides is 1. The Balaban J connectivity index is 2.07. The number of nitrogens with one attached hydrogen (secondary N) is 1. The highest BCUT2D eigenvalue weighted by Crippen LogP contribution is 2.15. The van der Waals surface area contributed by atoms with E-state index in [0.29, 0.717) is 16.8 Å². The Hall–Kier alpha value is -2.62. The average Bonchev–Trinajstić information content (AvgIpc) is 2.50. The molecule has 0 saturated carbocycles. The maximum Gasteiger partial charge on any atom is 0.338 e. The molecule has 0 aliphatic carbocycles. The standard InChI is InChI=1S/C19H21NO3/c1-12(2)23-19(22)15-7-9-17(10-8-15)20-18(21)16-6-5-13(3)14(4)11-16/h5-12H,1-4H3,(H,20,21). The van der Waals surface area contributed by atoms with Crippen molar-refractivity contribution in [2.45, 2.75) is 33.8 Å². The van der Waals surface area contributed by atoms with E-state index in [9.17, 15) is 9.59 Å². The summed E-state index contributed by atoms with van der Waals surface area (Å²) in [6.07, 6.45) is -0.161. The van der Waals surface area contributed by atoms with Gasteiger partial charge in [0.2, 0.25) is 0 Å². The Labute approximate surface area is 136 Å². The summed E-state index contributed by atoms with van der Waals surface area (Å²) in [4.78, 5) is 24.0. The number of esters is 1. The summed E-state index contributed by atoms with van der Waals surface area (Å²) in [6, 6.07) is 12.2. The lowest BCUT2D eigenvalue weighted by Crippen LogP contribution is -2.13. The smallest absolute Gasteiger partial charge is 0.338 e. The number of rotatable bonds is 4. The van der Waals surface area contributed by atoms with Crippen LogP contribution in [-0.4, -0.2) is 18.0 Å². The van der Waals surface area contributed by atoms with E-state index in [2.05, 4.69) is 5.32 Å². The fourth-order valence-corrected chi connectivity index (χ4v) is 2.06. The number of anilines is 1. The minimum Gasteiger partial charge on any atom is -0.459 e. The van der Waals surface area contributed by atoms with Gasteiger partial charge in [-0.3, -0.25) is 4.79 Å². The Morgan fingerprint density at radius 1 is 0.913 bits per heavy atom. The molecule has 2 rings (SSSR count). The molecule has 0 unspecified atom stereocenters. The van der Waals surface area contributed by atoms with Crippen molar-refractivity contribution in [1.29, 1.82) is 0 Å². The summed E-state index contributed by atoms with van der Waals surface area (Å²) in [5.74, 6) is -0.544. The highest BCUT2D eigenvalue weighted by molar-refractivity contribution is 6.04. The van der Waals surface area contributed by atoms with Crippen LogP contribution in [-0.2, 0) is 4.74 Å². The summed E-state index contributed by atoms with van der Waals surface area (Å²) in [5, 5.41) is 2.82. The molecule has 2 aromatic rings. The highest BCUT2D eigenvalue weighted by Gasteiger charge is 2.10. The molecule has 4 nitrogen and oxygen atoms in total. The van der Waals surface area contributed by atoms with E-state index in [1.807, 2.05) is 26.0 Å². The summed E-state index contributed by atoms with van der Waals surface area (Å²) in [7, 11) is 0. The van der Waals surface area contributed by atoms with Gasteiger partial charge in [0.1, 0.15) is 0 Å². The van der Waals surface area contributed by atoms with Gasteiger partial charge in [-0.1, -0.05) is 6.07 Å². The predicted molar refractivity (Wildman–Crippen MR) is 90.9 cm³/mol. The van der Waals surface area contributed by atoms with Crippen LogP contribution in [0.15, 0.2) is 42.5 Å². The summed E-state index contributed by atoms with van der Waals surface area (Å²) in [5.41, 5.74) is 3.92. The molecule has 0 aliphatic rings. The molecule has 1 N–H and O–H groups in total. The molecule has 0 atom stereocenters. The van der Waals surface area contributed by atoms with Crippen molar-refractivity contribution in [3.8, 4) is 0 Å². The van der Waals surface area contributed by atoms with E-state index in [1.165, 1.54) is 0 Å². The number of ether oxygens (including phenoxy) is 1. The first-order chi connectivity index (χ1) is 10.9. The quantitative estimate of drug-likeness (QED) is 0.864. The molecule has 0 radical (unpaired) electrons. The predicted octanol–water partition coefficient (Wildman–Crippen LogP) is 4.12. The molecule has 23 heavy (non-hydrogen) atoms. The molecular formula is C19H21NO3. The van der Waals surface area contributed by atoms with Gasteiger partial charge >= 0.3 is 5.97 Å². The third-order valence-corrected chi connectivity index (χ3v) is 3.49. The van der Waals surface area contributed by atoms with E-state index in [4.69, 9.17) is 4.74 Å². The van der Waals surface area contributed by atoms with Crippen molar-refractivity contribution < 1.29 is 14.3 Å². The minimum atomic E-state index is -0.368. The van der Waals surface area contributed by atoms with E-state index in [0.717, 1.165) is 11.1 Å². The Morgan fingerprint density at radius 2 is 1.52 bits per heavy atom. The van der Waals surface area contributed by atoms with Crippen LogP contribution in [0.4, 0.5) is 5.69 Å². The van der Waals surface area contributed by atoms with Crippen molar-refractivity contribution in [1.82, 2.24) is 0 Å². The minimum absolute atomic E-state index is 0.161. The molecular weight excluding hydrogens is 290 g/mol. The van der Waals surface area contributed by atoms with E-state index in [-0.39, 0.29) is 18.0 Å². The van der Waals surface area contributed by atoms with Gasteiger partial charge in [0, 0.05) is 11.3 Å². The fraction of sp³-hybridized carbons (Fsp3) is 0.263. The number of carbonyl (C=O) groups is 2.